The predicted molar refractivity (Wildman–Crippen MR) is 187 cm³/mol. The van der Waals surface area contributed by atoms with Gasteiger partial charge in [0.25, 0.3) is 0 Å². The van der Waals surface area contributed by atoms with Crippen LogP contribution in [-0.2, 0) is 0 Å². The number of nitrogens with zero attached hydrogens (tertiary/aromatic N) is 2. The van der Waals surface area contributed by atoms with Gasteiger partial charge in [-0.05, 0) is 87.8 Å². The molecule has 0 fully saturated rings. The third-order valence-electron chi connectivity index (χ3n) is 9.93. The average molecular weight is 587 g/mol. The molecule has 2 aliphatic rings. The zero-order valence-corrected chi connectivity index (χ0v) is 24.9. The number of nitriles is 1. The smallest absolute Gasteiger partial charge is 0.159 e. The lowest BCUT2D eigenvalue weighted by Gasteiger charge is -2.21. The third kappa shape index (κ3) is 3.53. The van der Waals surface area contributed by atoms with Crippen molar-refractivity contribution in [3.8, 4) is 34.0 Å². The fourth-order valence-electron chi connectivity index (χ4n) is 7.86. The highest BCUT2D eigenvalue weighted by Crippen LogP contribution is 2.54. The number of furan rings is 1. The molecule has 0 spiro atoms. The highest BCUT2D eigenvalue weighted by Gasteiger charge is 2.39. The summed E-state index contributed by atoms with van der Waals surface area (Å²) < 4.78 is 9.13. The Morgan fingerprint density at radius 2 is 1.37 bits per heavy atom. The van der Waals surface area contributed by atoms with Gasteiger partial charge in [0, 0.05) is 33.3 Å². The molecule has 0 amide bonds. The summed E-state index contributed by atoms with van der Waals surface area (Å²) in [6, 6.07) is 49.4. The lowest BCUT2D eigenvalue weighted by molar-refractivity contribution is 0.666. The Hall–Kier alpha value is -6.11. The van der Waals surface area contributed by atoms with Gasteiger partial charge in [0.05, 0.1) is 22.8 Å². The van der Waals surface area contributed by atoms with Crippen molar-refractivity contribution in [3.05, 3.63) is 161 Å². The molecule has 0 saturated carbocycles. The van der Waals surface area contributed by atoms with Crippen LogP contribution >= 0.6 is 0 Å². The molecule has 46 heavy (non-hydrogen) atoms. The fourth-order valence-corrected chi connectivity index (χ4v) is 7.86. The molecule has 10 rings (SSSR count). The van der Waals surface area contributed by atoms with E-state index >= 15 is 0 Å². The summed E-state index contributed by atoms with van der Waals surface area (Å²) in [7, 11) is 0. The quantitative estimate of drug-likeness (QED) is 0.207. The number of fused-ring (bicyclic) bond motifs is 10. The van der Waals surface area contributed by atoms with Gasteiger partial charge in [0.1, 0.15) is 5.58 Å². The van der Waals surface area contributed by atoms with E-state index in [2.05, 4.69) is 126 Å². The number of aromatic nitrogens is 1. The van der Waals surface area contributed by atoms with E-state index in [9.17, 15) is 5.26 Å². The number of rotatable bonds is 3. The van der Waals surface area contributed by atoms with Gasteiger partial charge in [-0.3, -0.25) is 0 Å². The maximum atomic E-state index is 9.45. The van der Waals surface area contributed by atoms with Crippen molar-refractivity contribution in [1.82, 2.24) is 4.57 Å². The molecule has 214 valence electrons. The number of hydrogen-bond acceptors (Lipinski definition) is 2. The molecule has 1 unspecified atom stereocenters. The molecule has 1 aliphatic carbocycles. The Labute approximate surface area is 265 Å². The molecule has 6 aromatic carbocycles. The van der Waals surface area contributed by atoms with E-state index in [4.69, 9.17) is 4.42 Å². The lowest BCUT2D eigenvalue weighted by atomic mass is 9.81. The SMILES string of the molecule is N#Cc1cccc(-c2cccc(-c3ccc4c(c3)c3c5n4-c4c(ccc6c4oc4ccccc46)C5CC(c4ccccc4)=C3)c2)c1. The van der Waals surface area contributed by atoms with Crippen LogP contribution in [0.5, 0.6) is 0 Å². The van der Waals surface area contributed by atoms with Gasteiger partial charge in [-0.25, -0.2) is 0 Å². The Morgan fingerprint density at radius 3 is 2.22 bits per heavy atom. The molecule has 0 bridgehead atoms. The largest absolute Gasteiger partial charge is 0.454 e. The summed E-state index contributed by atoms with van der Waals surface area (Å²) in [5, 5.41) is 13.0. The van der Waals surface area contributed by atoms with Crippen LogP contribution in [0.2, 0.25) is 0 Å². The van der Waals surface area contributed by atoms with Crippen molar-refractivity contribution >= 4 is 44.5 Å². The van der Waals surface area contributed by atoms with Crippen LogP contribution in [0.3, 0.4) is 0 Å². The second kappa shape index (κ2) is 9.44. The van der Waals surface area contributed by atoms with E-state index in [-0.39, 0.29) is 5.92 Å². The minimum atomic E-state index is 0.245. The number of benzene rings is 6. The normalized spacial score (nSPS) is 14.8. The van der Waals surface area contributed by atoms with Crippen LogP contribution in [0.25, 0.3) is 72.4 Å². The molecular weight excluding hydrogens is 560 g/mol. The van der Waals surface area contributed by atoms with Gasteiger partial charge < -0.3 is 8.98 Å². The average Bonchev–Trinajstić information content (AvgIpc) is 3.78. The zero-order chi connectivity index (χ0) is 30.4. The Bertz CT molecular complexity index is 2630. The van der Waals surface area contributed by atoms with Gasteiger partial charge in [0.2, 0.25) is 0 Å². The third-order valence-corrected chi connectivity index (χ3v) is 9.93. The van der Waals surface area contributed by atoms with Crippen molar-refractivity contribution in [3.63, 3.8) is 0 Å². The maximum Gasteiger partial charge on any atom is 0.159 e. The maximum absolute atomic E-state index is 9.45. The second-order valence-electron chi connectivity index (χ2n) is 12.4. The van der Waals surface area contributed by atoms with E-state index in [1.54, 1.807) is 0 Å². The molecule has 8 aromatic rings. The van der Waals surface area contributed by atoms with Crippen LogP contribution in [0, 0.1) is 11.3 Å². The molecule has 2 aromatic heterocycles. The van der Waals surface area contributed by atoms with Gasteiger partial charge >= 0.3 is 0 Å². The summed E-state index contributed by atoms with van der Waals surface area (Å²) in [6.45, 7) is 0. The summed E-state index contributed by atoms with van der Waals surface area (Å²) in [5.74, 6) is 0.245. The van der Waals surface area contributed by atoms with Crippen LogP contribution < -0.4 is 0 Å². The Balaban J connectivity index is 1.22. The van der Waals surface area contributed by atoms with Gasteiger partial charge in [0.15, 0.2) is 5.58 Å². The van der Waals surface area contributed by atoms with Crippen molar-refractivity contribution in [1.29, 1.82) is 5.26 Å². The predicted octanol–water partition coefficient (Wildman–Crippen LogP) is 11.1. The van der Waals surface area contributed by atoms with Crippen molar-refractivity contribution in [2.24, 2.45) is 0 Å². The van der Waals surface area contributed by atoms with Crippen molar-refractivity contribution in [2.75, 3.05) is 0 Å². The lowest BCUT2D eigenvalue weighted by Crippen LogP contribution is -2.05. The first-order valence-electron chi connectivity index (χ1n) is 15.7. The van der Waals surface area contributed by atoms with Gasteiger partial charge in [-0.1, -0.05) is 97.1 Å². The first-order valence-corrected chi connectivity index (χ1v) is 15.7. The van der Waals surface area contributed by atoms with Crippen LogP contribution in [0.15, 0.2) is 138 Å². The number of hydrogen-bond donors (Lipinski definition) is 0. The second-order valence-corrected chi connectivity index (χ2v) is 12.4. The highest BCUT2D eigenvalue weighted by atomic mass is 16.3. The molecule has 0 N–H and O–H groups in total. The summed E-state index contributed by atoms with van der Waals surface area (Å²) in [5.41, 5.74) is 16.0. The molecule has 0 saturated heterocycles. The van der Waals surface area contributed by atoms with Crippen molar-refractivity contribution in [2.45, 2.75) is 12.3 Å². The van der Waals surface area contributed by atoms with Gasteiger partial charge in [-0.15, -0.1) is 0 Å². The number of para-hydroxylation sites is 1. The number of allylic oxidation sites excluding steroid dienone is 1. The fraction of sp³-hybridized carbons (Fsp3) is 0.0465. The first kappa shape index (κ1) is 25.2. The van der Waals surface area contributed by atoms with E-state index in [0.29, 0.717) is 5.56 Å². The summed E-state index contributed by atoms with van der Waals surface area (Å²) in [4.78, 5) is 0. The summed E-state index contributed by atoms with van der Waals surface area (Å²) >= 11 is 0. The Kier molecular flexibility index (Phi) is 5.18. The molecule has 0 radical (unpaired) electrons. The van der Waals surface area contributed by atoms with Crippen LogP contribution in [0.4, 0.5) is 0 Å². The van der Waals surface area contributed by atoms with Crippen molar-refractivity contribution < 1.29 is 4.42 Å². The topological polar surface area (TPSA) is 41.9 Å². The minimum absolute atomic E-state index is 0.245. The molecule has 3 heterocycles. The standard InChI is InChI=1S/C43H26N2O/c44-25-26-8-6-11-28(20-26)29-12-7-13-30(21-29)31-16-19-39-36(22-31)38-24-32(27-9-2-1-3-10-27)23-37-34-17-18-35-33-14-4-5-15-40(33)46-43(35)42(34)45(39)41(37)38/h1-22,24,37H,23H2. The molecule has 1 atom stereocenters. The minimum Gasteiger partial charge on any atom is -0.454 e. The van der Waals surface area contributed by atoms with E-state index in [0.717, 1.165) is 45.0 Å². The first-order chi connectivity index (χ1) is 22.7. The molecule has 1 aliphatic heterocycles. The van der Waals surface area contributed by atoms with E-state index < -0.39 is 0 Å². The Morgan fingerprint density at radius 1 is 0.630 bits per heavy atom. The highest BCUT2D eigenvalue weighted by molar-refractivity contribution is 6.11. The summed E-state index contributed by atoms with van der Waals surface area (Å²) in [6.07, 6.45) is 3.37. The van der Waals surface area contributed by atoms with E-state index in [1.807, 2.05) is 24.3 Å². The van der Waals surface area contributed by atoms with Gasteiger partial charge in [-0.2, -0.15) is 5.26 Å². The molecule has 3 heteroatoms. The zero-order valence-electron chi connectivity index (χ0n) is 24.9. The molecular formula is C43H26N2O. The van der Waals surface area contributed by atoms with Crippen LogP contribution in [-0.4, -0.2) is 4.57 Å². The molecule has 3 nitrogen and oxygen atoms in total. The van der Waals surface area contributed by atoms with Crippen LogP contribution in [0.1, 0.15) is 40.3 Å². The monoisotopic (exact) mass is 586 g/mol. The van der Waals surface area contributed by atoms with E-state index in [1.165, 1.54) is 50.1 Å².